The van der Waals surface area contributed by atoms with Crippen LogP contribution in [0.2, 0.25) is 0 Å². The van der Waals surface area contributed by atoms with Crippen molar-refractivity contribution < 1.29 is 17.9 Å². The molecule has 0 radical (unpaired) electrons. The van der Waals surface area contributed by atoms with Crippen molar-refractivity contribution in [2.24, 2.45) is 0 Å². The molecule has 0 atom stereocenters. The number of rotatable bonds is 6. The van der Waals surface area contributed by atoms with Crippen LogP contribution in [0.3, 0.4) is 0 Å². The van der Waals surface area contributed by atoms with E-state index in [2.05, 4.69) is 0 Å². The lowest BCUT2D eigenvalue weighted by molar-refractivity contribution is 0.353. The summed E-state index contributed by atoms with van der Waals surface area (Å²) in [6.45, 7) is 0. The van der Waals surface area contributed by atoms with Crippen molar-refractivity contribution in [1.29, 1.82) is 5.26 Å². The van der Waals surface area contributed by atoms with Gasteiger partial charge in [-0.3, -0.25) is 0 Å². The monoisotopic (exact) mass is 303 g/mol. The number of hydrogen-bond donors (Lipinski definition) is 0. The van der Waals surface area contributed by atoms with Gasteiger partial charge in [0.15, 0.2) is 11.5 Å². The summed E-state index contributed by atoms with van der Waals surface area (Å²) in [7, 11) is 4.42. The van der Waals surface area contributed by atoms with Gasteiger partial charge >= 0.3 is 0 Å². The van der Waals surface area contributed by atoms with Gasteiger partial charge in [-0.2, -0.15) is 5.26 Å². The van der Waals surface area contributed by atoms with Crippen LogP contribution in [-0.4, -0.2) is 22.6 Å². The molecule has 0 amide bonds. The van der Waals surface area contributed by atoms with Crippen LogP contribution in [0.25, 0.3) is 0 Å². The molecule has 0 aromatic heterocycles. The Kier molecular flexibility index (Phi) is 5.45. The lowest BCUT2D eigenvalue weighted by Gasteiger charge is -2.12. The van der Waals surface area contributed by atoms with Crippen molar-refractivity contribution in [3.05, 3.63) is 17.7 Å². The lowest BCUT2D eigenvalue weighted by atomic mass is 10.1. The van der Waals surface area contributed by atoms with Crippen LogP contribution in [0.15, 0.2) is 17.0 Å². The van der Waals surface area contributed by atoms with Gasteiger partial charge < -0.3 is 9.47 Å². The Morgan fingerprint density at radius 1 is 1.26 bits per heavy atom. The number of ether oxygens (including phenoxy) is 2. The SMILES string of the molecule is COc1cc(CCCC#N)c(S(=O)(=O)Cl)cc1OC. The molecule has 0 saturated heterocycles. The highest BCUT2D eigenvalue weighted by molar-refractivity contribution is 8.13. The third-order valence-electron chi connectivity index (χ3n) is 2.56. The average molecular weight is 304 g/mol. The molecule has 1 aromatic rings. The van der Waals surface area contributed by atoms with Crippen LogP contribution >= 0.6 is 10.7 Å². The van der Waals surface area contributed by atoms with Gasteiger partial charge in [0.25, 0.3) is 9.05 Å². The predicted molar refractivity (Wildman–Crippen MR) is 71.1 cm³/mol. The Balaban J connectivity index is 3.29. The van der Waals surface area contributed by atoms with E-state index in [1.54, 1.807) is 6.07 Å². The first-order valence-electron chi connectivity index (χ1n) is 5.50. The molecule has 0 aliphatic rings. The Hall–Kier alpha value is -1.45. The number of hydrogen-bond acceptors (Lipinski definition) is 5. The fraction of sp³-hybridized carbons (Fsp3) is 0.417. The second-order valence-electron chi connectivity index (χ2n) is 3.76. The minimum atomic E-state index is -3.87. The van der Waals surface area contributed by atoms with Crippen molar-refractivity contribution in [3.63, 3.8) is 0 Å². The standard InChI is InChI=1S/C12H14ClNO4S/c1-17-10-7-9(5-3-4-6-14)12(19(13,15)16)8-11(10)18-2/h7-8H,3-5H2,1-2H3. The van der Waals surface area contributed by atoms with E-state index in [0.717, 1.165) is 0 Å². The van der Waals surface area contributed by atoms with E-state index < -0.39 is 9.05 Å². The predicted octanol–water partition coefficient (Wildman–Crippen LogP) is 2.48. The molecule has 0 fully saturated rings. The van der Waals surface area contributed by atoms with E-state index >= 15 is 0 Å². The quantitative estimate of drug-likeness (QED) is 0.596. The number of nitrogens with zero attached hydrogens (tertiary/aromatic N) is 1. The van der Waals surface area contributed by atoms with Gasteiger partial charge in [-0.25, -0.2) is 8.42 Å². The third-order valence-corrected chi connectivity index (χ3v) is 3.97. The van der Waals surface area contributed by atoms with Crippen molar-refractivity contribution in [1.82, 2.24) is 0 Å². The van der Waals surface area contributed by atoms with E-state index in [0.29, 0.717) is 36.3 Å². The largest absolute Gasteiger partial charge is 0.493 e. The highest BCUT2D eigenvalue weighted by atomic mass is 35.7. The summed E-state index contributed by atoms with van der Waals surface area (Å²) in [6.07, 6.45) is 1.32. The van der Waals surface area contributed by atoms with E-state index in [4.69, 9.17) is 25.4 Å². The molecule has 0 aliphatic carbocycles. The molecule has 0 bridgehead atoms. The first-order chi connectivity index (χ1) is 8.93. The summed E-state index contributed by atoms with van der Waals surface area (Å²) < 4.78 is 33.3. The Labute approximate surface area is 117 Å². The molecular formula is C12H14ClNO4S. The fourth-order valence-electron chi connectivity index (χ4n) is 1.68. The molecule has 0 N–H and O–H groups in total. The van der Waals surface area contributed by atoms with Gasteiger partial charge in [0.2, 0.25) is 0 Å². The summed E-state index contributed by atoms with van der Waals surface area (Å²) in [5.41, 5.74) is 0.517. The molecule has 1 rings (SSSR count). The van der Waals surface area contributed by atoms with Crippen molar-refractivity contribution >= 4 is 19.7 Å². The summed E-state index contributed by atoms with van der Waals surface area (Å²) in [6, 6.07) is 4.92. The van der Waals surface area contributed by atoms with Gasteiger partial charge in [0.1, 0.15) is 0 Å². The van der Waals surface area contributed by atoms with Gasteiger partial charge in [-0.05, 0) is 24.5 Å². The molecule has 0 unspecified atom stereocenters. The van der Waals surface area contributed by atoms with Crippen molar-refractivity contribution in [3.8, 4) is 17.6 Å². The first kappa shape index (κ1) is 15.6. The molecule has 7 heteroatoms. The number of aryl methyl sites for hydroxylation is 1. The molecule has 0 heterocycles. The maximum Gasteiger partial charge on any atom is 0.261 e. The molecule has 104 valence electrons. The minimum absolute atomic E-state index is 0.00948. The number of benzene rings is 1. The van der Waals surface area contributed by atoms with Crippen LogP contribution in [0.4, 0.5) is 0 Å². The van der Waals surface area contributed by atoms with Crippen LogP contribution in [0.5, 0.6) is 11.5 Å². The van der Waals surface area contributed by atoms with E-state index in [9.17, 15) is 8.42 Å². The minimum Gasteiger partial charge on any atom is -0.493 e. The Bertz CT molecular complexity index is 592. The number of halogens is 1. The highest BCUT2D eigenvalue weighted by Crippen LogP contribution is 2.34. The number of methoxy groups -OCH3 is 2. The lowest BCUT2D eigenvalue weighted by Crippen LogP contribution is -2.01. The van der Waals surface area contributed by atoms with E-state index in [1.807, 2.05) is 6.07 Å². The molecule has 5 nitrogen and oxygen atoms in total. The molecule has 1 aromatic carbocycles. The summed E-state index contributed by atoms with van der Waals surface area (Å²) in [5, 5.41) is 8.52. The zero-order valence-corrected chi connectivity index (χ0v) is 12.2. The van der Waals surface area contributed by atoms with Crippen molar-refractivity contribution in [2.45, 2.75) is 24.2 Å². The molecule has 0 saturated carbocycles. The number of nitriles is 1. The van der Waals surface area contributed by atoms with Gasteiger partial charge in [0, 0.05) is 23.2 Å². The van der Waals surface area contributed by atoms with E-state index in [-0.39, 0.29) is 4.90 Å². The Morgan fingerprint density at radius 2 is 1.84 bits per heavy atom. The number of unbranched alkanes of at least 4 members (excludes halogenated alkanes) is 1. The van der Waals surface area contributed by atoms with Crippen molar-refractivity contribution in [2.75, 3.05) is 14.2 Å². The van der Waals surface area contributed by atoms with Gasteiger partial charge in [-0.1, -0.05) is 0 Å². The molecule has 0 aliphatic heterocycles. The maximum absolute atomic E-state index is 11.6. The highest BCUT2D eigenvalue weighted by Gasteiger charge is 2.19. The fourth-order valence-corrected chi connectivity index (χ4v) is 2.84. The average Bonchev–Trinajstić information content (AvgIpc) is 2.37. The zero-order valence-electron chi connectivity index (χ0n) is 10.6. The third kappa shape index (κ3) is 4.01. The van der Waals surface area contributed by atoms with E-state index in [1.165, 1.54) is 20.3 Å². The normalized spacial score (nSPS) is 10.8. The van der Waals surface area contributed by atoms with Crippen LogP contribution < -0.4 is 9.47 Å². The topological polar surface area (TPSA) is 76.4 Å². The Morgan fingerprint density at radius 3 is 2.32 bits per heavy atom. The summed E-state index contributed by atoms with van der Waals surface area (Å²) in [4.78, 5) is -0.00948. The second-order valence-corrected chi connectivity index (χ2v) is 6.30. The van der Waals surface area contributed by atoms with Crippen LogP contribution in [0.1, 0.15) is 18.4 Å². The molecule has 0 spiro atoms. The maximum atomic E-state index is 11.6. The van der Waals surface area contributed by atoms with Crippen LogP contribution in [0, 0.1) is 11.3 Å². The van der Waals surface area contributed by atoms with Gasteiger partial charge in [0.05, 0.1) is 25.2 Å². The molecule has 19 heavy (non-hydrogen) atoms. The molecular weight excluding hydrogens is 290 g/mol. The summed E-state index contributed by atoms with van der Waals surface area (Å²) >= 11 is 0. The zero-order chi connectivity index (χ0) is 14.5. The second kappa shape index (κ2) is 6.64. The van der Waals surface area contributed by atoms with Gasteiger partial charge in [-0.15, -0.1) is 0 Å². The summed E-state index contributed by atoms with van der Waals surface area (Å²) in [5.74, 6) is 0.726. The van der Waals surface area contributed by atoms with Crippen LogP contribution in [-0.2, 0) is 15.5 Å². The smallest absolute Gasteiger partial charge is 0.261 e. The first-order valence-corrected chi connectivity index (χ1v) is 7.81.